The summed E-state index contributed by atoms with van der Waals surface area (Å²) < 4.78 is 29.2. The maximum absolute atomic E-state index is 12.1. The first-order valence-electron chi connectivity index (χ1n) is 6.21. The predicted octanol–water partition coefficient (Wildman–Crippen LogP) is 3.24. The Kier molecular flexibility index (Phi) is 6.22. The van der Waals surface area contributed by atoms with Crippen molar-refractivity contribution in [2.75, 3.05) is 19.8 Å². The summed E-state index contributed by atoms with van der Waals surface area (Å²) in [4.78, 5) is 0. The van der Waals surface area contributed by atoms with Crippen molar-refractivity contribution in [3.05, 3.63) is 34.9 Å². The van der Waals surface area contributed by atoms with Gasteiger partial charge in [0.05, 0.1) is 12.6 Å². The highest BCUT2D eigenvalue weighted by atomic mass is 19.3. The summed E-state index contributed by atoms with van der Waals surface area (Å²) in [6.07, 6.45) is -2.41. The first-order valence-corrected chi connectivity index (χ1v) is 6.21. The third-order valence-corrected chi connectivity index (χ3v) is 2.79. The number of nitrogens with one attached hydrogen (secondary N) is 1. The first kappa shape index (κ1) is 15.1. The molecule has 4 heteroatoms. The lowest BCUT2D eigenvalue weighted by Crippen LogP contribution is -2.27. The topological polar surface area (TPSA) is 21.3 Å². The van der Waals surface area contributed by atoms with E-state index in [1.807, 2.05) is 32.9 Å². The van der Waals surface area contributed by atoms with Crippen molar-refractivity contribution in [3.8, 4) is 0 Å². The summed E-state index contributed by atoms with van der Waals surface area (Å²) in [5, 5.41) is 3.27. The van der Waals surface area contributed by atoms with Crippen LogP contribution in [0.5, 0.6) is 0 Å². The highest BCUT2D eigenvalue weighted by molar-refractivity contribution is 5.33. The Morgan fingerprint density at radius 3 is 2.56 bits per heavy atom. The Bertz CT molecular complexity index is 369. The Morgan fingerprint density at radius 2 is 1.94 bits per heavy atom. The third-order valence-electron chi connectivity index (χ3n) is 2.79. The van der Waals surface area contributed by atoms with E-state index in [0.717, 1.165) is 23.2 Å². The summed E-state index contributed by atoms with van der Waals surface area (Å²) >= 11 is 0. The molecule has 1 atom stereocenters. The lowest BCUT2D eigenvalue weighted by Gasteiger charge is -2.21. The quantitative estimate of drug-likeness (QED) is 0.809. The summed E-state index contributed by atoms with van der Waals surface area (Å²) in [5.41, 5.74) is 3.42. The van der Waals surface area contributed by atoms with Gasteiger partial charge in [-0.25, -0.2) is 8.78 Å². The van der Waals surface area contributed by atoms with Gasteiger partial charge in [0.25, 0.3) is 6.43 Å². The Morgan fingerprint density at radius 1 is 1.22 bits per heavy atom. The number of ether oxygens (including phenoxy) is 1. The van der Waals surface area contributed by atoms with Crippen LogP contribution in [0.2, 0.25) is 0 Å². The van der Waals surface area contributed by atoms with E-state index in [1.54, 1.807) is 0 Å². The number of alkyl halides is 2. The van der Waals surface area contributed by atoms with Crippen molar-refractivity contribution in [3.63, 3.8) is 0 Å². The molecule has 0 heterocycles. The molecular formula is C14H21F2NO. The molecule has 0 bridgehead atoms. The van der Waals surface area contributed by atoms with Crippen LogP contribution >= 0.6 is 0 Å². The molecule has 1 rings (SSSR count). The average Bonchev–Trinajstić information content (AvgIpc) is 2.31. The Labute approximate surface area is 107 Å². The van der Waals surface area contributed by atoms with E-state index in [0.29, 0.717) is 0 Å². The molecule has 18 heavy (non-hydrogen) atoms. The van der Waals surface area contributed by atoms with Gasteiger partial charge in [-0.15, -0.1) is 0 Å². The number of likely N-dealkylation sites (N-methyl/N-ethyl adjacent to an activating group) is 1. The maximum atomic E-state index is 12.1. The van der Waals surface area contributed by atoms with E-state index in [2.05, 4.69) is 11.4 Å². The lowest BCUT2D eigenvalue weighted by atomic mass is 9.99. The molecule has 1 aromatic carbocycles. The molecule has 0 amide bonds. The standard InChI is InChI=1S/C14H21F2NO/c1-4-17-13(8-18-9-14(15)16)12-7-10(2)5-6-11(12)3/h5-7,13-14,17H,4,8-9H2,1-3H3. The van der Waals surface area contributed by atoms with Crippen LogP contribution in [-0.2, 0) is 4.74 Å². The van der Waals surface area contributed by atoms with Crippen molar-refractivity contribution >= 4 is 0 Å². The smallest absolute Gasteiger partial charge is 0.261 e. The molecule has 1 aromatic rings. The zero-order chi connectivity index (χ0) is 13.5. The van der Waals surface area contributed by atoms with Crippen LogP contribution in [0, 0.1) is 13.8 Å². The highest BCUT2D eigenvalue weighted by Crippen LogP contribution is 2.20. The molecule has 1 N–H and O–H groups in total. The molecule has 0 spiro atoms. The SMILES string of the molecule is CCNC(COCC(F)F)c1cc(C)ccc1C. The van der Waals surface area contributed by atoms with E-state index in [-0.39, 0.29) is 12.6 Å². The van der Waals surface area contributed by atoms with Crippen LogP contribution in [-0.4, -0.2) is 26.2 Å². The predicted molar refractivity (Wildman–Crippen MR) is 69.2 cm³/mol. The Hall–Kier alpha value is -1.00. The second-order valence-electron chi connectivity index (χ2n) is 4.40. The van der Waals surface area contributed by atoms with E-state index < -0.39 is 13.0 Å². The summed E-state index contributed by atoms with van der Waals surface area (Å²) in [6.45, 7) is 6.56. The molecule has 0 aromatic heterocycles. The van der Waals surface area contributed by atoms with Crippen molar-refractivity contribution in [2.45, 2.75) is 33.2 Å². The van der Waals surface area contributed by atoms with E-state index in [9.17, 15) is 8.78 Å². The molecular weight excluding hydrogens is 236 g/mol. The molecule has 0 aliphatic heterocycles. The first-order chi connectivity index (χ1) is 8.54. The molecule has 1 unspecified atom stereocenters. The zero-order valence-electron chi connectivity index (χ0n) is 11.2. The summed E-state index contributed by atoms with van der Waals surface area (Å²) in [6, 6.07) is 6.13. The van der Waals surface area contributed by atoms with Crippen LogP contribution in [0.1, 0.15) is 29.7 Å². The maximum Gasteiger partial charge on any atom is 0.261 e. The van der Waals surface area contributed by atoms with Gasteiger partial charge in [0.15, 0.2) is 0 Å². The fourth-order valence-electron chi connectivity index (χ4n) is 1.92. The molecule has 102 valence electrons. The van der Waals surface area contributed by atoms with Crippen molar-refractivity contribution in [1.29, 1.82) is 0 Å². The van der Waals surface area contributed by atoms with Gasteiger partial charge >= 0.3 is 0 Å². The number of rotatable bonds is 7. The minimum atomic E-state index is -2.41. The average molecular weight is 257 g/mol. The number of hydrogen-bond acceptors (Lipinski definition) is 2. The fourth-order valence-corrected chi connectivity index (χ4v) is 1.92. The molecule has 0 saturated carbocycles. The largest absolute Gasteiger partial charge is 0.374 e. The zero-order valence-corrected chi connectivity index (χ0v) is 11.2. The molecule has 0 aliphatic rings. The van der Waals surface area contributed by atoms with Gasteiger partial charge in [-0.1, -0.05) is 30.7 Å². The van der Waals surface area contributed by atoms with Crippen LogP contribution in [0.25, 0.3) is 0 Å². The second kappa shape index (κ2) is 7.44. The molecule has 0 saturated heterocycles. The van der Waals surface area contributed by atoms with Crippen LogP contribution in [0.15, 0.2) is 18.2 Å². The van der Waals surface area contributed by atoms with Gasteiger partial charge < -0.3 is 10.1 Å². The highest BCUT2D eigenvalue weighted by Gasteiger charge is 2.14. The Balaban J connectivity index is 2.73. The number of benzene rings is 1. The van der Waals surface area contributed by atoms with Gasteiger partial charge in [-0.3, -0.25) is 0 Å². The number of hydrogen-bond donors (Lipinski definition) is 1. The fraction of sp³-hybridized carbons (Fsp3) is 0.571. The monoisotopic (exact) mass is 257 g/mol. The third kappa shape index (κ3) is 4.70. The van der Waals surface area contributed by atoms with Crippen LogP contribution in [0.4, 0.5) is 8.78 Å². The van der Waals surface area contributed by atoms with E-state index in [1.165, 1.54) is 0 Å². The second-order valence-corrected chi connectivity index (χ2v) is 4.40. The summed E-state index contributed by atoms with van der Waals surface area (Å²) in [5.74, 6) is 0. The van der Waals surface area contributed by atoms with Crippen molar-refractivity contribution in [2.24, 2.45) is 0 Å². The molecule has 0 fully saturated rings. The van der Waals surface area contributed by atoms with Gasteiger partial charge in [0.1, 0.15) is 6.61 Å². The number of halogens is 2. The van der Waals surface area contributed by atoms with Crippen molar-refractivity contribution < 1.29 is 13.5 Å². The number of aryl methyl sites for hydroxylation is 2. The normalized spacial score (nSPS) is 13.0. The van der Waals surface area contributed by atoms with E-state index in [4.69, 9.17) is 4.74 Å². The van der Waals surface area contributed by atoms with Gasteiger partial charge in [-0.2, -0.15) is 0 Å². The van der Waals surface area contributed by atoms with Crippen LogP contribution in [0.3, 0.4) is 0 Å². The lowest BCUT2D eigenvalue weighted by molar-refractivity contribution is 0.00929. The van der Waals surface area contributed by atoms with Gasteiger partial charge in [0, 0.05) is 0 Å². The molecule has 0 radical (unpaired) electrons. The molecule has 0 aliphatic carbocycles. The summed E-state index contributed by atoms with van der Waals surface area (Å²) in [7, 11) is 0. The molecule has 2 nitrogen and oxygen atoms in total. The van der Waals surface area contributed by atoms with Crippen LogP contribution < -0.4 is 5.32 Å². The minimum absolute atomic E-state index is 0.0337. The van der Waals surface area contributed by atoms with Gasteiger partial charge in [-0.05, 0) is 31.5 Å². The minimum Gasteiger partial charge on any atom is -0.374 e. The van der Waals surface area contributed by atoms with E-state index >= 15 is 0 Å². The van der Waals surface area contributed by atoms with Gasteiger partial charge in [0.2, 0.25) is 0 Å². The van der Waals surface area contributed by atoms with Crippen molar-refractivity contribution in [1.82, 2.24) is 5.32 Å².